The van der Waals surface area contributed by atoms with Crippen LogP contribution in [0.5, 0.6) is 0 Å². The van der Waals surface area contributed by atoms with Crippen molar-refractivity contribution in [2.24, 2.45) is 11.8 Å². The van der Waals surface area contributed by atoms with E-state index in [9.17, 15) is 8.42 Å². The molecule has 0 aromatic rings. The Hall–Kier alpha value is 0.650. The zero-order chi connectivity index (χ0) is 10.8. The third-order valence-electron chi connectivity index (χ3n) is 2.86. The number of rotatable bonds is 3. The molecule has 0 bridgehead atoms. The van der Waals surface area contributed by atoms with Gasteiger partial charge in [-0.15, -0.1) is 0 Å². The maximum atomic E-state index is 10.6. The number of hydrogen-bond donors (Lipinski definition) is 1. The standard InChI is InChI=1S/C10H18O3S.Na.H/c1-8(2)10-5-3-9(4-6-10)7-14(11,12)13;;/h3,8,10H,4-7H2,1-2H3,(H,11,12,13);;/t10-;;/m1../s1. The SMILES string of the molecule is CC(C)[C@@H]1CC=C(CS(=O)(=O)O)CC1.[NaH]. The van der Waals surface area contributed by atoms with E-state index in [1.165, 1.54) is 0 Å². The normalized spacial score (nSPS) is 22.1. The van der Waals surface area contributed by atoms with Gasteiger partial charge in [-0.25, -0.2) is 0 Å². The molecule has 0 amide bonds. The summed E-state index contributed by atoms with van der Waals surface area (Å²) in [7, 11) is -3.83. The van der Waals surface area contributed by atoms with E-state index in [4.69, 9.17) is 4.55 Å². The third kappa shape index (κ3) is 6.07. The van der Waals surface area contributed by atoms with Gasteiger partial charge in [0.2, 0.25) is 0 Å². The molecule has 0 saturated heterocycles. The van der Waals surface area contributed by atoms with Crippen molar-refractivity contribution >= 4 is 39.7 Å². The summed E-state index contributed by atoms with van der Waals surface area (Å²) in [6.07, 6.45) is 4.77. The molecule has 0 spiro atoms. The maximum absolute atomic E-state index is 10.6. The second-order valence-corrected chi connectivity index (χ2v) is 5.82. The Kier molecular flexibility index (Phi) is 6.68. The molecule has 1 N–H and O–H groups in total. The van der Waals surface area contributed by atoms with Crippen LogP contribution in [0.15, 0.2) is 11.6 Å². The molecule has 0 unspecified atom stereocenters. The number of hydrogen-bond acceptors (Lipinski definition) is 2. The predicted molar refractivity (Wildman–Crippen MR) is 63.8 cm³/mol. The van der Waals surface area contributed by atoms with Crippen LogP contribution in [0.3, 0.4) is 0 Å². The van der Waals surface area contributed by atoms with Crippen LogP contribution >= 0.6 is 0 Å². The molecule has 0 radical (unpaired) electrons. The van der Waals surface area contributed by atoms with Crippen LogP contribution in [0.25, 0.3) is 0 Å². The molecule has 84 valence electrons. The van der Waals surface area contributed by atoms with Crippen LogP contribution in [0, 0.1) is 11.8 Å². The first-order valence-electron chi connectivity index (χ1n) is 5.01. The fraction of sp³-hybridized carbons (Fsp3) is 0.800. The third-order valence-corrected chi connectivity index (χ3v) is 3.59. The van der Waals surface area contributed by atoms with Gasteiger partial charge in [-0.1, -0.05) is 25.5 Å². The molecule has 5 heteroatoms. The Labute approximate surface area is 114 Å². The Morgan fingerprint density at radius 2 is 2.13 bits per heavy atom. The molecule has 0 saturated carbocycles. The summed E-state index contributed by atoms with van der Waals surface area (Å²) < 4.78 is 29.9. The van der Waals surface area contributed by atoms with Gasteiger partial charge in [0.05, 0.1) is 5.75 Å². The average molecular weight is 242 g/mol. The van der Waals surface area contributed by atoms with Crippen molar-refractivity contribution in [1.82, 2.24) is 0 Å². The van der Waals surface area contributed by atoms with Gasteiger partial charge >= 0.3 is 29.6 Å². The topological polar surface area (TPSA) is 54.4 Å². The van der Waals surface area contributed by atoms with Gasteiger partial charge in [-0.05, 0) is 31.1 Å². The molecular weight excluding hydrogens is 223 g/mol. The fourth-order valence-electron chi connectivity index (χ4n) is 1.88. The molecule has 0 aliphatic heterocycles. The van der Waals surface area contributed by atoms with Crippen molar-refractivity contribution in [3.8, 4) is 0 Å². The predicted octanol–water partition coefficient (Wildman–Crippen LogP) is 1.61. The average Bonchev–Trinajstić information content (AvgIpc) is 2.02. The molecule has 1 aliphatic carbocycles. The van der Waals surface area contributed by atoms with Gasteiger partial charge in [0.1, 0.15) is 0 Å². The van der Waals surface area contributed by atoms with Gasteiger partial charge < -0.3 is 0 Å². The monoisotopic (exact) mass is 242 g/mol. The zero-order valence-electron chi connectivity index (χ0n) is 8.73. The fourth-order valence-corrected chi connectivity index (χ4v) is 2.61. The van der Waals surface area contributed by atoms with E-state index in [2.05, 4.69) is 13.8 Å². The number of allylic oxidation sites excluding steroid dienone is 1. The van der Waals surface area contributed by atoms with Crippen molar-refractivity contribution in [3.63, 3.8) is 0 Å². The summed E-state index contributed by atoms with van der Waals surface area (Å²) in [4.78, 5) is 0. The molecular formula is C10H19NaO3S. The van der Waals surface area contributed by atoms with Gasteiger partial charge in [-0.2, -0.15) is 8.42 Å². The van der Waals surface area contributed by atoms with Gasteiger partial charge in [0, 0.05) is 0 Å². The van der Waals surface area contributed by atoms with E-state index in [0.29, 0.717) is 11.8 Å². The van der Waals surface area contributed by atoms with E-state index in [1.807, 2.05) is 6.08 Å². The first-order valence-corrected chi connectivity index (χ1v) is 6.62. The zero-order valence-corrected chi connectivity index (χ0v) is 9.55. The second kappa shape index (κ2) is 6.40. The molecule has 1 aliphatic rings. The Balaban J connectivity index is 0.00000196. The van der Waals surface area contributed by atoms with E-state index in [-0.39, 0.29) is 35.3 Å². The summed E-state index contributed by atoms with van der Waals surface area (Å²) >= 11 is 0. The molecule has 1 atom stereocenters. The summed E-state index contributed by atoms with van der Waals surface area (Å²) in [6.45, 7) is 4.37. The van der Waals surface area contributed by atoms with Crippen LogP contribution < -0.4 is 0 Å². The van der Waals surface area contributed by atoms with Crippen LogP contribution in [0.2, 0.25) is 0 Å². The Bertz CT molecular complexity index is 320. The van der Waals surface area contributed by atoms with Crippen LogP contribution in [-0.4, -0.2) is 48.3 Å². The Morgan fingerprint density at radius 1 is 1.53 bits per heavy atom. The summed E-state index contributed by atoms with van der Waals surface area (Å²) in [6, 6.07) is 0. The molecule has 3 nitrogen and oxygen atoms in total. The molecule has 1 rings (SSSR count). The van der Waals surface area contributed by atoms with Crippen molar-refractivity contribution in [2.75, 3.05) is 5.75 Å². The van der Waals surface area contributed by atoms with Crippen LogP contribution in [0.1, 0.15) is 33.1 Å². The van der Waals surface area contributed by atoms with Crippen LogP contribution in [-0.2, 0) is 10.1 Å². The van der Waals surface area contributed by atoms with Gasteiger partial charge in [0.15, 0.2) is 0 Å². The summed E-state index contributed by atoms with van der Waals surface area (Å²) in [5.41, 5.74) is 0.865. The van der Waals surface area contributed by atoms with Gasteiger partial charge in [0.25, 0.3) is 10.1 Å². The van der Waals surface area contributed by atoms with Crippen LogP contribution in [0.4, 0.5) is 0 Å². The minimum absolute atomic E-state index is 0. The molecule has 0 aromatic carbocycles. The molecule has 15 heavy (non-hydrogen) atoms. The van der Waals surface area contributed by atoms with Gasteiger partial charge in [-0.3, -0.25) is 4.55 Å². The minimum atomic E-state index is -3.83. The molecule has 0 aromatic heterocycles. The first-order chi connectivity index (χ1) is 6.38. The van der Waals surface area contributed by atoms with E-state index in [0.717, 1.165) is 24.8 Å². The van der Waals surface area contributed by atoms with Crippen molar-refractivity contribution in [2.45, 2.75) is 33.1 Å². The summed E-state index contributed by atoms with van der Waals surface area (Å²) in [5.74, 6) is 1.14. The first kappa shape index (κ1) is 15.7. The quantitative estimate of drug-likeness (QED) is 0.465. The molecule has 0 fully saturated rings. The second-order valence-electron chi connectivity index (χ2n) is 4.37. The van der Waals surface area contributed by atoms with Crippen molar-refractivity contribution in [1.29, 1.82) is 0 Å². The molecule has 0 heterocycles. The van der Waals surface area contributed by atoms with E-state index >= 15 is 0 Å². The van der Waals surface area contributed by atoms with E-state index < -0.39 is 10.1 Å². The van der Waals surface area contributed by atoms with Crippen molar-refractivity contribution in [3.05, 3.63) is 11.6 Å². The summed E-state index contributed by atoms with van der Waals surface area (Å²) in [5, 5.41) is 0. The Morgan fingerprint density at radius 3 is 2.47 bits per heavy atom. The van der Waals surface area contributed by atoms with Crippen molar-refractivity contribution < 1.29 is 13.0 Å². The van der Waals surface area contributed by atoms with E-state index in [1.54, 1.807) is 0 Å².